The van der Waals surface area contributed by atoms with E-state index in [-0.39, 0.29) is 18.0 Å². The highest BCUT2D eigenvalue weighted by molar-refractivity contribution is 6.31. The SMILES string of the molecule is COc1cccc(C2CC(c3ccc(Cl)cc3)=NC(c3ccccc3Cl)N2)c1O. The Morgan fingerprint density at radius 2 is 1.69 bits per heavy atom. The molecule has 2 unspecified atom stereocenters. The number of hydrogen-bond donors (Lipinski definition) is 2. The van der Waals surface area contributed by atoms with Crippen molar-refractivity contribution in [2.24, 2.45) is 4.99 Å². The van der Waals surface area contributed by atoms with Crippen molar-refractivity contribution in [3.63, 3.8) is 0 Å². The van der Waals surface area contributed by atoms with Crippen molar-refractivity contribution in [3.05, 3.63) is 93.5 Å². The molecule has 0 aromatic heterocycles. The first kappa shape index (κ1) is 19.8. The summed E-state index contributed by atoms with van der Waals surface area (Å²) in [6, 6.07) is 20.6. The zero-order valence-corrected chi connectivity index (χ0v) is 17.3. The van der Waals surface area contributed by atoms with Gasteiger partial charge in [-0.1, -0.05) is 65.7 Å². The lowest BCUT2D eigenvalue weighted by molar-refractivity contribution is 0.360. The summed E-state index contributed by atoms with van der Waals surface area (Å²) in [5.74, 6) is 0.567. The Balaban J connectivity index is 1.78. The first-order valence-corrected chi connectivity index (χ1v) is 10.0. The fourth-order valence-electron chi connectivity index (χ4n) is 3.56. The Morgan fingerprint density at radius 3 is 2.41 bits per heavy atom. The van der Waals surface area contributed by atoms with Crippen molar-refractivity contribution in [1.82, 2.24) is 5.32 Å². The van der Waals surface area contributed by atoms with Crippen LogP contribution in [-0.2, 0) is 0 Å². The van der Waals surface area contributed by atoms with Crippen molar-refractivity contribution >= 4 is 28.9 Å². The van der Waals surface area contributed by atoms with Crippen LogP contribution in [0.25, 0.3) is 0 Å². The molecule has 4 nitrogen and oxygen atoms in total. The second-order valence-corrected chi connectivity index (χ2v) is 7.67. The van der Waals surface area contributed by atoms with E-state index in [0.29, 0.717) is 22.2 Å². The third-order valence-electron chi connectivity index (χ3n) is 5.04. The molecule has 1 heterocycles. The van der Waals surface area contributed by atoms with E-state index in [1.54, 1.807) is 13.2 Å². The minimum atomic E-state index is -0.348. The number of phenolic OH excluding ortho intramolecular Hbond substituents is 1. The van der Waals surface area contributed by atoms with E-state index in [9.17, 15) is 5.11 Å². The van der Waals surface area contributed by atoms with Crippen LogP contribution in [0.15, 0.2) is 71.7 Å². The lowest BCUT2D eigenvalue weighted by Crippen LogP contribution is -2.33. The number of methoxy groups -OCH3 is 1. The maximum absolute atomic E-state index is 10.7. The van der Waals surface area contributed by atoms with Gasteiger partial charge in [-0.25, -0.2) is 0 Å². The highest BCUT2D eigenvalue weighted by atomic mass is 35.5. The fourth-order valence-corrected chi connectivity index (χ4v) is 3.93. The molecule has 0 saturated carbocycles. The lowest BCUT2D eigenvalue weighted by Gasteiger charge is -2.31. The van der Waals surface area contributed by atoms with Crippen LogP contribution in [-0.4, -0.2) is 17.9 Å². The number of ether oxygens (including phenoxy) is 1. The second kappa shape index (κ2) is 8.46. The fraction of sp³-hybridized carbons (Fsp3) is 0.174. The van der Waals surface area contributed by atoms with E-state index in [1.165, 1.54) is 0 Å². The molecule has 4 rings (SSSR count). The van der Waals surface area contributed by atoms with Gasteiger partial charge in [-0.2, -0.15) is 0 Å². The third kappa shape index (κ3) is 4.10. The standard InChI is InChI=1S/C23H20Cl2N2O2/c1-29-21-8-4-6-17(22(21)28)20-13-19(14-9-11-15(24)12-10-14)26-23(27-20)16-5-2-3-7-18(16)25/h2-12,20,23,27-28H,13H2,1H3. The molecular formula is C23H20Cl2N2O2. The quantitative estimate of drug-likeness (QED) is 0.543. The van der Waals surface area contributed by atoms with Crippen molar-refractivity contribution in [2.75, 3.05) is 7.11 Å². The number of aliphatic imine (C=N–C) groups is 1. The van der Waals surface area contributed by atoms with E-state index in [0.717, 1.165) is 22.4 Å². The van der Waals surface area contributed by atoms with Gasteiger partial charge in [0.1, 0.15) is 6.17 Å². The van der Waals surface area contributed by atoms with Gasteiger partial charge in [0.15, 0.2) is 11.5 Å². The topological polar surface area (TPSA) is 53.8 Å². The second-order valence-electron chi connectivity index (χ2n) is 6.83. The molecule has 1 aliphatic heterocycles. The highest BCUT2D eigenvalue weighted by Crippen LogP contribution is 2.39. The maximum Gasteiger partial charge on any atom is 0.162 e. The van der Waals surface area contributed by atoms with Crippen LogP contribution in [0.5, 0.6) is 11.5 Å². The summed E-state index contributed by atoms with van der Waals surface area (Å²) in [7, 11) is 1.54. The van der Waals surface area contributed by atoms with Crippen LogP contribution in [0.3, 0.4) is 0 Å². The minimum absolute atomic E-state index is 0.128. The summed E-state index contributed by atoms with van der Waals surface area (Å²) in [4.78, 5) is 4.93. The van der Waals surface area contributed by atoms with E-state index >= 15 is 0 Å². The molecule has 0 amide bonds. The van der Waals surface area contributed by atoms with E-state index < -0.39 is 0 Å². The third-order valence-corrected chi connectivity index (χ3v) is 5.64. The molecule has 2 atom stereocenters. The van der Waals surface area contributed by atoms with Gasteiger partial charge in [-0.05, 0) is 29.8 Å². The molecule has 0 spiro atoms. The zero-order valence-electron chi connectivity index (χ0n) is 15.8. The molecule has 3 aromatic rings. The molecular weight excluding hydrogens is 407 g/mol. The van der Waals surface area contributed by atoms with Crippen molar-refractivity contribution in [3.8, 4) is 11.5 Å². The van der Waals surface area contributed by atoms with Gasteiger partial charge in [-0.15, -0.1) is 0 Å². The molecule has 3 aromatic carbocycles. The predicted molar refractivity (Wildman–Crippen MR) is 117 cm³/mol. The largest absolute Gasteiger partial charge is 0.504 e. The molecule has 0 bridgehead atoms. The van der Waals surface area contributed by atoms with Crippen LogP contribution < -0.4 is 10.1 Å². The number of para-hydroxylation sites is 1. The molecule has 0 aliphatic carbocycles. The van der Waals surface area contributed by atoms with Crippen molar-refractivity contribution in [2.45, 2.75) is 18.6 Å². The molecule has 6 heteroatoms. The van der Waals surface area contributed by atoms with Crippen LogP contribution in [0, 0.1) is 0 Å². The molecule has 29 heavy (non-hydrogen) atoms. The van der Waals surface area contributed by atoms with Crippen LogP contribution in [0.1, 0.15) is 35.3 Å². The van der Waals surface area contributed by atoms with Crippen LogP contribution >= 0.6 is 23.2 Å². The Hall–Kier alpha value is -2.53. The first-order chi connectivity index (χ1) is 14.1. The summed E-state index contributed by atoms with van der Waals surface area (Å²) >= 11 is 12.5. The Kier molecular flexibility index (Phi) is 5.76. The smallest absolute Gasteiger partial charge is 0.162 e. The monoisotopic (exact) mass is 426 g/mol. The van der Waals surface area contributed by atoms with E-state index in [2.05, 4.69) is 5.32 Å². The molecule has 148 valence electrons. The summed E-state index contributed by atoms with van der Waals surface area (Å²) in [5.41, 5.74) is 3.54. The number of halogens is 2. The van der Waals surface area contributed by atoms with E-state index in [4.69, 9.17) is 32.9 Å². The molecule has 2 N–H and O–H groups in total. The Morgan fingerprint density at radius 1 is 0.966 bits per heavy atom. The Bertz CT molecular complexity index is 1050. The van der Waals surface area contributed by atoms with E-state index in [1.807, 2.05) is 60.7 Å². The number of phenols is 1. The van der Waals surface area contributed by atoms with Gasteiger partial charge in [0.25, 0.3) is 0 Å². The molecule has 0 fully saturated rings. The predicted octanol–water partition coefficient (Wildman–Crippen LogP) is 5.93. The average Bonchev–Trinajstić information content (AvgIpc) is 2.74. The van der Waals surface area contributed by atoms with Gasteiger partial charge in [0, 0.05) is 39.3 Å². The van der Waals surface area contributed by atoms with Gasteiger partial charge >= 0.3 is 0 Å². The normalized spacial score (nSPS) is 18.9. The lowest BCUT2D eigenvalue weighted by atomic mass is 9.93. The summed E-state index contributed by atoms with van der Waals surface area (Å²) in [6.45, 7) is 0. The van der Waals surface area contributed by atoms with Crippen LogP contribution in [0.4, 0.5) is 0 Å². The summed E-state index contributed by atoms with van der Waals surface area (Å²) < 4.78 is 5.29. The maximum atomic E-state index is 10.7. The molecule has 0 saturated heterocycles. The van der Waals surface area contributed by atoms with Crippen LogP contribution in [0.2, 0.25) is 10.0 Å². The summed E-state index contributed by atoms with van der Waals surface area (Å²) in [5, 5.41) is 15.5. The number of nitrogens with one attached hydrogen (secondary N) is 1. The average molecular weight is 427 g/mol. The molecule has 1 aliphatic rings. The number of benzene rings is 3. The number of hydrogen-bond acceptors (Lipinski definition) is 4. The minimum Gasteiger partial charge on any atom is -0.504 e. The van der Waals surface area contributed by atoms with Crippen molar-refractivity contribution < 1.29 is 9.84 Å². The molecule has 0 radical (unpaired) electrons. The summed E-state index contributed by atoms with van der Waals surface area (Å²) in [6.07, 6.45) is 0.252. The highest BCUT2D eigenvalue weighted by Gasteiger charge is 2.29. The first-order valence-electron chi connectivity index (χ1n) is 9.25. The Labute approximate surface area is 179 Å². The number of rotatable bonds is 4. The van der Waals surface area contributed by atoms with Gasteiger partial charge < -0.3 is 9.84 Å². The van der Waals surface area contributed by atoms with Gasteiger partial charge in [0.05, 0.1) is 7.11 Å². The zero-order chi connectivity index (χ0) is 20.4. The van der Waals surface area contributed by atoms with Gasteiger partial charge in [-0.3, -0.25) is 10.3 Å². The number of aromatic hydroxyl groups is 1. The van der Waals surface area contributed by atoms with Crippen molar-refractivity contribution in [1.29, 1.82) is 0 Å². The van der Waals surface area contributed by atoms with Gasteiger partial charge in [0.2, 0.25) is 0 Å². The number of nitrogens with zero attached hydrogens (tertiary/aromatic N) is 1.